The molecule has 0 unspecified atom stereocenters. The average Bonchev–Trinajstić information content (AvgIpc) is 2.65. The molecule has 0 aromatic carbocycles. The summed E-state index contributed by atoms with van der Waals surface area (Å²) in [5, 5.41) is 9.25. The number of carbonyl (C=O) groups excluding carboxylic acids is 1. The smallest absolute Gasteiger partial charge is 0.421 e. The molecule has 0 saturated heterocycles. The van der Waals surface area contributed by atoms with Crippen LogP contribution in [0.5, 0.6) is 0 Å². The lowest BCUT2D eigenvalue weighted by Gasteiger charge is -2.27. The van der Waals surface area contributed by atoms with Crippen LogP contribution in [0.3, 0.4) is 0 Å². The van der Waals surface area contributed by atoms with Crippen LogP contribution >= 0.6 is 0 Å². The summed E-state index contributed by atoms with van der Waals surface area (Å²) in [6, 6.07) is 0. The van der Waals surface area contributed by atoms with Crippen LogP contribution in [-0.2, 0) is 14.9 Å². The molecule has 1 aliphatic rings. The van der Waals surface area contributed by atoms with E-state index < -0.39 is 21.8 Å². The monoisotopic (exact) mass is 266 g/mol. The molecule has 1 fully saturated rings. The number of hydrogen-bond acceptors (Lipinski definition) is 5. The second-order valence-corrected chi connectivity index (χ2v) is 5.49. The van der Waals surface area contributed by atoms with Crippen LogP contribution in [0.1, 0.15) is 32.6 Å². The summed E-state index contributed by atoms with van der Waals surface area (Å²) >= 11 is 0. The van der Waals surface area contributed by atoms with Crippen LogP contribution in [0.2, 0.25) is 0 Å². The summed E-state index contributed by atoms with van der Waals surface area (Å²) in [5.41, 5.74) is -0.849. The minimum atomic E-state index is -3.99. The molecule has 0 spiro atoms. The number of rotatable bonds is 5. The van der Waals surface area contributed by atoms with Crippen molar-refractivity contribution in [3.8, 4) is 0 Å². The van der Waals surface area contributed by atoms with Crippen LogP contribution in [0, 0.1) is 0 Å². The zero-order valence-electron chi connectivity index (χ0n) is 9.73. The first-order valence-corrected chi connectivity index (χ1v) is 7.01. The van der Waals surface area contributed by atoms with Crippen molar-refractivity contribution in [3.63, 3.8) is 0 Å². The molecule has 0 bridgehead atoms. The maximum Gasteiger partial charge on any atom is 0.421 e. The van der Waals surface area contributed by atoms with E-state index in [1.807, 2.05) is 0 Å². The maximum absolute atomic E-state index is 11.6. The van der Waals surface area contributed by atoms with Crippen LogP contribution in [0.15, 0.2) is 0 Å². The first-order chi connectivity index (χ1) is 7.93. The van der Waals surface area contributed by atoms with Crippen LogP contribution in [0.25, 0.3) is 0 Å². The number of carbonyl (C=O) groups is 1. The number of nitrogens with one attached hydrogen (secondary N) is 2. The molecule has 100 valence electrons. The molecular formula is C9H18N2O5S. The topological polar surface area (TPSA) is 105 Å². The molecule has 1 amide bonds. The molecule has 0 atom stereocenters. The standard InChI is InChI=1S/C9H18N2O5S/c1-2-16-8(13)10-17(14,15)11-9(7-12)5-3-4-6-9/h11-12H,2-7H2,1H3,(H,10,13). The first kappa shape index (κ1) is 14.2. The molecule has 1 rings (SSSR count). The summed E-state index contributed by atoms with van der Waals surface area (Å²) in [7, 11) is -3.99. The van der Waals surface area contributed by atoms with Crippen LogP contribution < -0.4 is 9.44 Å². The Morgan fingerprint density at radius 2 is 2.00 bits per heavy atom. The van der Waals surface area contributed by atoms with E-state index in [9.17, 15) is 18.3 Å². The highest BCUT2D eigenvalue weighted by Crippen LogP contribution is 2.29. The third-order valence-corrected chi connectivity index (χ3v) is 3.84. The van der Waals surface area contributed by atoms with Crippen LogP contribution in [0.4, 0.5) is 4.79 Å². The number of ether oxygens (including phenoxy) is 1. The fourth-order valence-electron chi connectivity index (χ4n) is 1.93. The van der Waals surface area contributed by atoms with E-state index in [2.05, 4.69) is 9.46 Å². The largest absolute Gasteiger partial charge is 0.449 e. The Morgan fingerprint density at radius 1 is 1.41 bits per heavy atom. The molecule has 1 saturated carbocycles. The minimum absolute atomic E-state index is 0.0898. The minimum Gasteiger partial charge on any atom is -0.449 e. The van der Waals surface area contributed by atoms with Gasteiger partial charge >= 0.3 is 16.3 Å². The predicted octanol–water partition coefficient (Wildman–Crippen LogP) is -0.128. The van der Waals surface area contributed by atoms with Crippen molar-refractivity contribution < 1.29 is 23.1 Å². The molecule has 17 heavy (non-hydrogen) atoms. The van der Waals surface area contributed by atoms with Crippen molar-refractivity contribution in [3.05, 3.63) is 0 Å². The number of amides is 1. The van der Waals surface area contributed by atoms with Crippen molar-refractivity contribution in [2.75, 3.05) is 13.2 Å². The summed E-state index contributed by atoms with van der Waals surface area (Å²) in [6.45, 7) is 1.38. The highest BCUT2D eigenvalue weighted by molar-refractivity contribution is 7.88. The zero-order chi connectivity index (χ0) is 12.9. The van der Waals surface area contributed by atoms with Crippen molar-refractivity contribution in [1.29, 1.82) is 0 Å². The summed E-state index contributed by atoms with van der Waals surface area (Å²) in [5.74, 6) is 0. The third-order valence-electron chi connectivity index (χ3n) is 2.71. The van der Waals surface area contributed by atoms with E-state index in [0.717, 1.165) is 12.8 Å². The van der Waals surface area contributed by atoms with Gasteiger partial charge in [0, 0.05) is 0 Å². The summed E-state index contributed by atoms with van der Waals surface area (Å²) in [6.07, 6.45) is 1.80. The van der Waals surface area contributed by atoms with Crippen molar-refractivity contribution in [2.24, 2.45) is 0 Å². The number of aliphatic hydroxyl groups is 1. The Labute approximate surface area is 101 Å². The first-order valence-electron chi connectivity index (χ1n) is 5.52. The van der Waals surface area contributed by atoms with Gasteiger partial charge < -0.3 is 9.84 Å². The van der Waals surface area contributed by atoms with Crippen molar-refractivity contribution in [1.82, 2.24) is 9.44 Å². The SMILES string of the molecule is CCOC(=O)NS(=O)(=O)NC1(CO)CCCC1. The average molecular weight is 266 g/mol. The van der Waals surface area contributed by atoms with E-state index in [-0.39, 0.29) is 13.2 Å². The fourth-order valence-corrected chi connectivity index (χ4v) is 3.09. The molecule has 1 aliphatic carbocycles. The molecule has 0 heterocycles. The van der Waals surface area contributed by atoms with E-state index in [1.165, 1.54) is 0 Å². The van der Waals surface area contributed by atoms with Crippen molar-refractivity contribution >= 4 is 16.3 Å². The van der Waals surface area contributed by atoms with E-state index in [0.29, 0.717) is 12.8 Å². The van der Waals surface area contributed by atoms with Gasteiger partial charge in [0.25, 0.3) is 0 Å². The molecule has 0 aliphatic heterocycles. The Kier molecular flexibility index (Phi) is 4.72. The highest BCUT2D eigenvalue weighted by atomic mass is 32.2. The number of hydrogen-bond donors (Lipinski definition) is 3. The molecular weight excluding hydrogens is 248 g/mol. The maximum atomic E-state index is 11.6. The molecule has 0 aromatic rings. The van der Waals surface area contributed by atoms with Crippen LogP contribution in [-0.4, -0.2) is 38.4 Å². The summed E-state index contributed by atoms with van der Waals surface area (Å²) in [4.78, 5) is 11.0. The number of aliphatic hydroxyl groups excluding tert-OH is 1. The third kappa shape index (κ3) is 4.14. The normalized spacial score (nSPS) is 18.9. The second-order valence-electron chi connectivity index (χ2n) is 4.07. The molecule has 0 radical (unpaired) electrons. The van der Waals surface area contributed by atoms with Gasteiger partial charge in [-0.15, -0.1) is 0 Å². The molecule has 7 nitrogen and oxygen atoms in total. The van der Waals surface area contributed by atoms with Gasteiger partial charge in [-0.05, 0) is 19.8 Å². The van der Waals surface area contributed by atoms with E-state index >= 15 is 0 Å². The van der Waals surface area contributed by atoms with Gasteiger partial charge in [-0.25, -0.2) is 9.52 Å². The van der Waals surface area contributed by atoms with E-state index in [1.54, 1.807) is 11.6 Å². The lowest BCUT2D eigenvalue weighted by atomic mass is 10.0. The van der Waals surface area contributed by atoms with Gasteiger partial charge in [0.2, 0.25) is 0 Å². The Bertz CT molecular complexity index is 362. The fraction of sp³-hybridized carbons (Fsp3) is 0.889. The predicted molar refractivity (Wildman–Crippen MR) is 60.5 cm³/mol. The van der Waals surface area contributed by atoms with Gasteiger partial charge in [0.05, 0.1) is 18.8 Å². The Hall–Kier alpha value is -0.860. The molecule has 3 N–H and O–H groups in total. The van der Waals surface area contributed by atoms with Crippen molar-refractivity contribution in [2.45, 2.75) is 38.1 Å². The summed E-state index contributed by atoms with van der Waals surface area (Å²) < 4.78 is 31.7. The lowest BCUT2D eigenvalue weighted by molar-refractivity contribution is 0.157. The van der Waals surface area contributed by atoms with E-state index in [4.69, 9.17) is 0 Å². The zero-order valence-corrected chi connectivity index (χ0v) is 10.5. The Morgan fingerprint density at radius 3 is 2.47 bits per heavy atom. The van der Waals surface area contributed by atoms with Gasteiger partial charge in [-0.2, -0.15) is 13.1 Å². The lowest BCUT2D eigenvalue weighted by Crippen LogP contribution is -2.54. The quantitative estimate of drug-likeness (QED) is 0.643. The Balaban J connectivity index is 2.62. The second kappa shape index (κ2) is 5.65. The molecule has 8 heteroatoms. The van der Waals surface area contributed by atoms with Gasteiger partial charge in [-0.1, -0.05) is 12.8 Å². The molecule has 0 aromatic heterocycles. The van der Waals surface area contributed by atoms with Gasteiger partial charge in [-0.3, -0.25) is 0 Å². The van der Waals surface area contributed by atoms with Gasteiger partial charge in [0.1, 0.15) is 0 Å². The highest BCUT2D eigenvalue weighted by Gasteiger charge is 2.37. The van der Waals surface area contributed by atoms with Gasteiger partial charge in [0.15, 0.2) is 0 Å².